The van der Waals surface area contributed by atoms with Gasteiger partial charge in [-0.25, -0.2) is 10.1 Å². The zero-order valence-corrected chi connectivity index (χ0v) is 29.7. The zero-order chi connectivity index (χ0) is 34.9. The van der Waals surface area contributed by atoms with Crippen molar-refractivity contribution in [1.82, 2.24) is 10.1 Å². The van der Waals surface area contributed by atoms with Crippen molar-refractivity contribution >= 4 is 11.8 Å². The van der Waals surface area contributed by atoms with Gasteiger partial charge in [-0.05, 0) is 103 Å². The van der Waals surface area contributed by atoms with Crippen LogP contribution < -0.4 is 0 Å². The minimum Gasteiger partial charge on any atom is -0.286 e. The number of carbonyl (C=O) groups excluding carboxylic acids is 2. The Bertz CT molecular complexity index is 1510. The molecule has 0 aliphatic heterocycles. The van der Waals surface area contributed by atoms with Crippen LogP contribution >= 0.6 is 0 Å². The lowest BCUT2D eigenvalue weighted by Crippen LogP contribution is -2.49. The quantitative estimate of drug-likeness (QED) is 0.148. The van der Waals surface area contributed by atoms with Gasteiger partial charge in [-0.2, -0.15) is 0 Å². The average molecular weight is 647 g/mol. The van der Waals surface area contributed by atoms with Crippen molar-refractivity contribution in [1.29, 1.82) is 0 Å². The summed E-state index contributed by atoms with van der Waals surface area (Å²) in [5.74, 6) is -2.21. The van der Waals surface area contributed by atoms with Gasteiger partial charge in [0, 0.05) is 0 Å². The number of carbonyl (C=O) groups is 2. The molecule has 0 heterocycles. The molecule has 0 bridgehead atoms. The second-order valence-corrected chi connectivity index (χ2v) is 14.4. The molecule has 0 saturated heterocycles. The number of nitrogens with zero attached hydrogens (tertiary/aromatic N) is 2. The Morgan fingerprint density at radius 1 is 0.479 bits per heavy atom. The molecule has 2 N–H and O–H groups in total. The largest absolute Gasteiger partial charge is 0.286 e. The molecule has 2 amide bonds. The van der Waals surface area contributed by atoms with E-state index in [9.17, 15) is 20.0 Å². The summed E-state index contributed by atoms with van der Waals surface area (Å²) in [5, 5.41) is 25.0. The van der Waals surface area contributed by atoms with E-state index < -0.39 is 35.7 Å². The summed E-state index contributed by atoms with van der Waals surface area (Å²) in [6.45, 7) is 16.1. The van der Waals surface area contributed by atoms with Crippen LogP contribution in [0.15, 0.2) is 72.8 Å². The summed E-state index contributed by atoms with van der Waals surface area (Å²) in [7, 11) is 0. The summed E-state index contributed by atoms with van der Waals surface area (Å²) >= 11 is 0. The number of aryl methyl sites for hydroxylation is 8. The lowest BCUT2D eigenvalue weighted by Gasteiger charge is -2.38. The van der Waals surface area contributed by atoms with E-state index >= 15 is 0 Å². The Labute approximate surface area is 286 Å². The SMILES string of the molecule is Cc1cc(C)cc(C(C(=O)N(O)C2CCC[C@@H](N(O)C(=O)C(c3cc(C)cc(C)c3)c3cc(C)cc(C)c3)C2)c2cc(C)cc(C)c2)c1. The lowest BCUT2D eigenvalue weighted by molar-refractivity contribution is -0.195. The third-order valence-corrected chi connectivity index (χ3v) is 9.57. The molecule has 0 radical (unpaired) electrons. The molecular formula is C42H50N2O4. The highest BCUT2D eigenvalue weighted by Crippen LogP contribution is 2.35. The third-order valence-electron chi connectivity index (χ3n) is 9.57. The maximum Gasteiger partial charge on any atom is 0.258 e. The van der Waals surface area contributed by atoms with E-state index in [-0.39, 0.29) is 6.42 Å². The van der Waals surface area contributed by atoms with E-state index in [4.69, 9.17) is 0 Å². The predicted molar refractivity (Wildman–Crippen MR) is 191 cm³/mol. The molecule has 1 aliphatic rings. The second kappa shape index (κ2) is 14.5. The van der Waals surface area contributed by atoms with Crippen LogP contribution in [0, 0.1) is 55.4 Å². The first-order chi connectivity index (χ1) is 22.7. The maximum absolute atomic E-state index is 14.3. The van der Waals surface area contributed by atoms with Crippen LogP contribution in [-0.2, 0) is 9.59 Å². The minimum absolute atomic E-state index is 0.267. The first-order valence-corrected chi connectivity index (χ1v) is 17.1. The van der Waals surface area contributed by atoms with Gasteiger partial charge in [-0.15, -0.1) is 0 Å². The van der Waals surface area contributed by atoms with Crippen molar-refractivity contribution in [3.63, 3.8) is 0 Å². The van der Waals surface area contributed by atoms with Crippen LogP contribution in [-0.4, -0.2) is 44.4 Å². The first-order valence-electron chi connectivity index (χ1n) is 17.1. The Kier molecular flexibility index (Phi) is 10.6. The van der Waals surface area contributed by atoms with E-state index in [1.807, 2.05) is 104 Å². The number of hydrogen-bond acceptors (Lipinski definition) is 4. The van der Waals surface area contributed by atoms with Gasteiger partial charge < -0.3 is 0 Å². The van der Waals surface area contributed by atoms with E-state index in [2.05, 4.69) is 24.3 Å². The van der Waals surface area contributed by atoms with Gasteiger partial charge in [0.1, 0.15) is 0 Å². The number of hydrogen-bond donors (Lipinski definition) is 2. The summed E-state index contributed by atoms with van der Waals surface area (Å²) < 4.78 is 0. The van der Waals surface area contributed by atoms with Gasteiger partial charge in [-0.3, -0.25) is 20.0 Å². The fraction of sp³-hybridized carbons (Fsp3) is 0.381. The standard InChI is InChI=1S/C42H50N2O4/c1-25-12-26(2)17-33(16-25)39(34-18-27(3)13-28(4)19-34)41(45)43(47)37-10-9-11-38(24-37)44(48)42(46)40(35-20-29(5)14-30(6)21-35)36-22-31(7)15-32(8)23-36/h12-23,37-40,47-48H,9-11,24H2,1-8H3/t37-,38?/m1/s1. The van der Waals surface area contributed by atoms with Gasteiger partial charge in [-0.1, -0.05) is 117 Å². The lowest BCUT2D eigenvalue weighted by atomic mass is 9.84. The molecule has 1 aliphatic carbocycles. The third kappa shape index (κ3) is 7.88. The fourth-order valence-electron chi connectivity index (χ4n) is 7.87. The summed E-state index contributed by atoms with van der Waals surface area (Å²) in [5.41, 5.74) is 11.7. The van der Waals surface area contributed by atoms with Crippen molar-refractivity contribution < 1.29 is 20.0 Å². The molecule has 0 aromatic heterocycles. The molecule has 2 atom stereocenters. The van der Waals surface area contributed by atoms with Crippen LogP contribution in [0.4, 0.5) is 0 Å². The molecule has 48 heavy (non-hydrogen) atoms. The van der Waals surface area contributed by atoms with Gasteiger partial charge in [0.25, 0.3) is 11.8 Å². The Balaban J connectivity index is 1.44. The van der Waals surface area contributed by atoms with E-state index in [0.717, 1.165) is 76.9 Å². The molecule has 5 rings (SSSR count). The van der Waals surface area contributed by atoms with Crippen molar-refractivity contribution in [3.05, 3.63) is 140 Å². The summed E-state index contributed by atoms with van der Waals surface area (Å²) in [6.07, 6.45) is 2.07. The van der Waals surface area contributed by atoms with Gasteiger partial charge in [0.15, 0.2) is 0 Å². The number of amides is 2. The summed E-state index contributed by atoms with van der Waals surface area (Å²) in [4.78, 5) is 28.7. The molecule has 252 valence electrons. The van der Waals surface area contributed by atoms with Gasteiger partial charge in [0.2, 0.25) is 0 Å². The van der Waals surface area contributed by atoms with Crippen LogP contribution in [0.3, 0.4) is 0 Å². The zero-order valence-electron chi connectivity index (χ0n) is 29.7. The van der Waals surface area contributed by atoms with Crippen LogP contribution in [0.25, 0.3) is 0 Å². The van der Waals surface area contributed by atoms with Crippen molar-refractivity contribution in [2.75, 3.05) is 0 Å². The fourth-order valence-corrected chi connectivity index (χ4v) is 7.87. The van der Waals surface area contributed by atoms with Crippen LogP contribution in [0.1, 0.15) is 104 Å². The molecule has 4 aromatic carbocycles. The molecular weight excluding hydrogens is 596 g/mol. The Morgan fingerprint density at radius 2 is 0.708 bits per heavy atom. The number of benzene rings is 4. The highest BCUT2D eigenvalue weighted by atomic mass is 16.5. The maximum atomic E-state index is 14.3. The number of hydroxylamine groups is 4. The highest BCUT2D eigenvalue weighted by molar-refractivity contribution is 5.88. The van der Waals surface area contributed by atoms with Gasteiger partial charge >= 0.3 is 0 Å². The molecule has 1 unspecified atom stereocenters. The first kappa shape index (κ1) is 35.1. The van der Waals surface area contributed by atoms with Crippen LogP contribution in [0.2, 0.25) is 0 Å². The van der Waals surface area contributed by atoms with E-state index in [1.165, 1.54) is 0 Å². The smallest absolute Gasteiger partial charge is 0.258 e. The topological polar surface area (TPSA) is 81.1 Å². The average Bonchev–Trinajstić information content (AvgIpc) is 2.98. The van der Waals surface area contributed by atoms with Gasteiger partial charge in [0.05, 0.1) is 23.9 Å². The van der Waals surface area contributed by atoms with Crippen molar-refractivity contribution in [2.24, 2.45) is 0 Å². The monoisotopic (exact) mass is 646 g/mol. The summed E-state index contributed by atoms with van der Waals surface area (Å²) in [6, 6.07) is 23.3. The Hall–Kier alpha value is -4.26. The van der Waals surface area contributed by atoms with Crippen molar-refractivity contribution in [3.8, 4) is 0 Å². The minimum atomic E-state index is -0.696. The Morgan fingerprint density at radius 3 is 0.938 bits per heavy atom. The molecule has 4 aromatic rings. The molecule has 6 heteroatoms. The van der Waals surface area contributed by atoms with Crippen molar-refractivity contribution in [2.45, 2.75) is 105 Å². The van der Waals surface area contributed by atoms with Crippen LogP contribution in [0.5, 0.6) is 0 Å². The van der Waals surface area contributed by atoms with E-state index in [1.54, 1.807) is 0 Å². The molecule has 0 spiro atoms. The molecule has 1 fully saturated rings. The molecule has 1 saturated carbocycles. The predicted octanol–water partition coefficient (Wildman–Crippen LogP) is 8.86. The van der Waals surface area contributed by atoms with E-state index in [0.29, 0.717) is 19.3 Å². The molecule has 6 nitrogen and oxygen atoms in total. The number of rotatable bonds is 8. The normalized spacial score (nSPS) is 16.3. The second-order valence-electron chi connectivity index (χ2n) is 14.4. The highest BCUT2D eigenvalue weighted by Gasteiger charge is 2.39.